The van der Waals surface area contributed by atoms with E-state index in [2.05, 4.69) is 0 Å². The van der Waals surface area contributed by atoms with Crippen molar-refractivity contribution in [3.63, 3.8) is 0 Å². The third-order valence-corrected chi connectivity index (χ3v) is 3.24. The minimum absolute atomic E-state index is 0.0691. The second-order valence-electron chi connectivity index (χ2n) is 4.59. The molecule has 0 bridgehead atoms. The second kappa shape index (κ2) is 8.12. The van der Waals surface area contributed by atoms with Crippen molar-refractivity contribution < 1.29 is 24.2 Å². The molecule has 0 saturated carbocycles. The SMILES string of the molecule is CCCOCCC(=O)N(CC)C1COCC1C(=O)O. The summed E-state index contributed by atoms with van der Waals surface area (Å²) in [4.78, 5) is 24.8. The van der Waals surface area contributed by atoms with Crippen LogP contribution in [0.2, 0.25) is 0 Å². The lowest BCUT2D eigenvalue weighted by molar-refractivity contribution is -0.145. The molecule has 110 valence electrons. The van der Waals surface area contributed by atoms with Crippen LogP contribution >= 0.6 is 0 Å². The number of carbonyl (C=O) groups excluding carboxylic acids is 1. The molecule has 0 radical (unpaired) electrons. The van der Waals surface area contributed by atoms with Crippen LogP contribution in [-0.4, -0.2) is 60.9 Å². The van der Waals surface area contributed by atoms with Crippen LogP contribution in [0.3, 0.4) is 0 Å². The molecule has 0 aliphatic carbocycles. The molecule has 0 aromatic carbocycles. The first-order valence-electron chi connectivity index (χ1n) is 6.79. The second-order valence-corrected chi connectivity index (χ2v) is 4.59. The first kappa shape index (κ1) is 15.9. The predicted molar refractivity (Wildman–Crippen MR) is 68.8 cm³/mol. The van der Waals surface area contributed by atoms with E-state index in [0.29, 0.717) is 26.4 Å². The molecule has 2 atom stereocenters. The van der Waals surface area contributed by atoms with Gasteiger partial charge in [0.2, 0.25) is 5.91 Å². The van der Waals surface area contributed by atoms with E-state index in [1.165, 1.54) is 0 Å². The Morgan fingerprint density at radius 2 is 2.05 bits per heavy atom. The lowest BCUT2D eigenvalue weighted by Crippen LogP contribution is -2.46. The highest BCUT2D eigenvalue weighted by molar-refractivity contribution is 5.78. The number of ether oxygens (including phenoxy) is 2. The van der Waals surface area contributed by atoms with Gasteiger partial charge >= 0.3 is 5.97 Å². The van der Waals surface area contributed by atoms with Crippen LogP contribution in [0, 0.1) is 5.92 Å². The summed E-state index contributed by atoms with van der Waals surface area (Å²) >= 11 is 0. The Morgan fingerprint density at radius 1 is 1.32 bits per heavy atom. The number of aliphatic carboxylic acids is 1. The Bertz CT molecular complexity index is 307. The van der Waals surface area contributed by atoms with Crippen molar-refractivity contribution in [3.05, 3.63) is 0 Å². The number of hydrogen-bond donors (Lipinski definition) is 1. The Labute approximate surface area is 113 Å². The molecule has 2 unspecified atom stereocenters. The minimum atomic E-state index is -0.906. The van der Waals surface area contributed by atoms with Crippen molar-refractivity contribution in [2.75, 3.05) is 33.0 Å². The Kier molecular flexibility index (Phi) is 6.80. The Morgan fingerprint density at radius 3 is 2.63 bits per heavy atom. The molecule has 1 aliphatic heterocycles. The number of hydrogen-bond acceptors (Lipinski definition) is 4. The largest absolute Gasteiger partial charge is 0.481 e. The van der Waals surface area contributed by atoms with E-state index < -0.39 is 11.9 Å². The topological polar surface area (TPSA) is 76.1 Å². The van der Waals surface area contributed by atoms with Gasteiger partial charge in [-0.1, -0.05) is 6.92 Å². The van der Waals surface area contributed by atoms with Crippen molar-refractivity contribution in [2.24, 2.45) is 5.92 Å². The van der Waals surface area contributed by atoms with Crippen molar-refractivity contribution in [3.8, 4) is 0 Å². The summed E-state index contributed by atoms with van der Waals surface area (Å²) in [7, 11) is 0. The fourth-order valence-corrected chi connectivity index (χ4v) is 2.23. The maximum absolute atomic E-state index is 12.1. The van der Waals surface area contributed by atoms with E-state index in [1.54, 1.807) is 4.90 Å². The lowest BCUT2D eigenvalue weighted by atomic mass is 10.0. The van der Waals surface area contributed by atoms with Gasteiger partial charge in [0.25, 0.3) is 0 Å². The zero-order valence-electron chi connectivity index (χ0n) is 11.6. The highest BCUT2D eigenvalue weighted by Gasteiger charge is 2.39. The molecule has 1 N–H and O–H groups in total. The molecule has 19 heavy (non-hydrogen) atoms. The van der Waals surface area contributed by atoms with Gasteiger partial charge in [-0.25, -0.2) is 0 Å². The van der Waals surface area contributed by atoms with Crippen molar-refractivity contribution >= 4 is 11.9 Å². The smallest absolute Gasteiger partial charge is 0.311 e. The molecular formula is C13H23NO5. The molecule has 0 spiro atoms. The predicted octanol–water partition coefficient (Wildman–Crippen LogP) is 0.751. The Hall–Kier alpha value is -1.14. The molecular weight excluding hydrogens is 250 g/mol. The van der Waals surface area contributed by atoms with Crippen molar-refractivity contribution in [1.29, 1.82) is 0 Å². The summed E-state index contributed by atoms with van der Waals surface area (Å²) in [5.74, 6) is -1.60. The van der Waals surface area contributed by atoms with E-state index in [0.717, 1.165) is 6.42 Å². The van der Waals surface area contributed by atoms with E-state index >= 15 is 0 Å². The molecule has 1 heterocycles. The van der Waals surface area contributed by atoms with Gasteiger partial charge in [-0.3, -0.25) is 9.59 Å². The average molecular weight is 273 g/mol. The lowest BCUT2D eigenvalue weighted by Gasteiger charge is -2.29. The standard InChI is InChI=1S/C13H23NO5/c1-3-6-18-7-5-12(15)14(4-2)11-9-19-8-10(11)13(16)17/h10-11H,3-9H2,1-2H3,(H,16,17). The Balaban J connectivity index is 2.51. The van der Waals surface area contributed by atoms with Crippen molar-refractivity contribution in [1.82, 2.24) is 4.90 Å². The van der Waals surface area contributed by atoms with Crippen LogP contribution < -0.4 is 0 Å². The minimum Gasteiger partial charge on any atom is -0.481 e. The fourth-order valence-electron chi connectivity index (χ4n) is 2.23. The van der Waals surface area contributed by atoms with Crippen LogP contribution in [0.4, 0.5) is 0 Å². The third kappa shape index (κ3) is 4.47. The zero-order valence-corrected chi connectivity index (χ0v) is 11.6. The van der Waals surface area contributed by atoms with Gasteiger partial charge in [0, 0.05) is 13.2 Å². The van der Waals surface area contributed by atoms with Gasteiger partial charge in [0.05, 0.1) is 32.3 Å². The zero-order chi connectivity index (χ0) is 14.3. The summed E-state index contributed by atoms with van der Waals surface area (Å²) in [6.07, 6.45) is 1.21. The van der Waals surface area contributed by atoms with Crippen LogP contribution in [0.15, 0.2) is 0 Å². The van der Waals surface area contributed by atoms with Crippen molar-refractivity contribution in [2.45, 2.75) is 32.7 Å². The van der Waals surface area contributed by atoms with Gasteiger partial charge in [-0.15, -0.1) is 0 Å². The number of carboxylic acid groups (broad SMARTS) is 1. The number of amides is 1. The molecule has 1 amide bonds. The van der Waals surface area contributed by atoms with Gasteiger partial charge in [-0.2, -0.15) is 0 Å². The average Bonchev–Trinajstić information content (AvgIpc) is 2.85. The maximum Gasteiger partial charge on any atom is 0.311 e. The van der Waals surface area contributed by atoms with Gasteiger partial charge < -0.3 is 19.5 Å². The molecule has 0 aromatic heterocycles. The highest BCUT2D eigenvalue weighted by Crippen LogP contribution is 2.20. The fraction of sp³-hybridized carbons (Fsp3) is 0.846. The van der Waals surface area contributed by atoms with E-state index in [-0.39, 0.29) is 25.0 Å². The first-order valence-corrected chi connectivity index (χ1v) is 6.79. The maximum atomic E-state index is 12.1. The molecule has 0 aromatic rings. The summed E-state index contributed by atoms with van der Waals surface area (Å²) in [6.45, 7) is 5.85. The number of carboxylic acids is 1. The number of carbonyl (C=O) groups is 2. The molecule has 1 aliphatic rings. The van der Waals surface area contributed by atoms with Gasteiger partial charge in [0.1, 0.15) is 5.92 Å². The van der Waals surface area contributed by atoms with Crippen LogP contribution in [0.25, 0.3) is 0 Å². The molecule has 6 heteroatoms. The normalized spacial score (nSPS) is 22.4. The van der Waals surface area contributed by atoms with E-state index in [1.807, 2.05) is 13.8 Å². The van der Waals surface area contributed by atoms with Gasteiger partial charge in [-0.05, 0) is 13.3 Å². The number of likely N-dealkylation sites (N-methyl/N-ethyl adjacent to an activating group) is 1. The number of rotatable bonds is 8. The number of nitrogens with zero attached hydrogens (tertiary/aromatic N) is 1. The van der Waals surface area contributed by atoms with Crippen LogP contribution in [-0.2, 0) is 19.1 Å². The molecule has 6 nitrogen and oxygen atoms in total. The summed E-state index contributed by atoms with van der Waals surface area (Å²) in [5.41, 5.74) is 0. The van der Waals surface area contributed by atoms with Crippen LogP contribution in [0.1, 0.15) is 26.7 Å². The highest BCUT2D eigenvalue weighted by atomic mass is 16.5. The van der Waals surface area contributed by atoms with Gasteiger partial charge in [0.15, 0.2) is 0 Å². The van der Waals surface area contributed by atoms with Crippen LogP contribution in [0.5, 0.6) is 0 Å². The van der Waals surface area contributed by atoms with E-state index in [9.17, 15) is 9.59 Å². The molecule has 1 rings (SSSR count). The molecule has 1 saturated heterocycles. The summed E-state index contributed by atoms with van der Waals surface area (Å²) in [5, 5.41) is 9.11. The summed E-state index contributed by atoms with van der Waals surface area (Å²) < 4.78 is 10.5. The first-order chi connectivity index (χ1) is 9.11. The molecule has 1 fully saturated rings. The monoisotopic (exact) mass is 273 g/mol. The quantitative estimate of drug-likeness (QED) is 0.660. The third-order valence-electron chi connectivity index (χ3n) is 3.24. The van der Waals surface area contributed by atoms with E-state index in [4.69, 9.17) is 14.6 Å². The summed E-state index contributed by atoms with van der Waals surface area (Å²) in [6, 6.07) is -0.360.